The van der Waals surface area contributed by atoms with E-state index in [4.69, 9.17) is 10.5 Å². The van der Waals surface area contributed by atoms with Gasteiger partial charge in [0.1, 0.15) is 5.75 Å². The van der Waals surface area contributed by atoms with Crippen LogP contribution in [0.3, 0.4) is 0 Å². The lowest BCUT2D eigenvalue weighted by Crippen LogP contribution is -2.37. The second kappa shape index (κ2) is 9.01. The Morgan fingerprint density at radius 3 is 2.42 bits per heavy atom. The first-order chi connectivity index (χ1) is 12.4. The molecule has 1 atom stereocenters. The van der Waals surface area contributed by atoms with Gasteiger partial charge in [-0.05, 0) is 61.7 Å². The van der Waals surface area contributed by atoms with E-state index in [1.54, 1.807) is 25.3 Å². The zero-order chi connectivity index (χ0) is 19.1. The third-order valence-electron chi connectivity index (χ3n) is 4.04. The smallest absolute Gasteiger partial charge is 0.251 e. The van der Waals surface area contributed by atoms with Crippen LogP contribution >= 0.6 is 0 Å². The first-order valence-electron chi connectivity index (χ1n) is 8.52. The number of methoxy groups -OCH3 is 1. The highest BCUT2D eigenvalue weighted by Gasteiger charge is 2.16. The van der Waals surface area contributed by atoms with Gasteiger partial charge < -0.3 is 21.1 Å². The second-order valence-electron chi connectivity index (χ2n) is 6.04. The molecule has 6 heteroatoms. The summed E-state index contributed by atoms with van der Waals surface area (Å²) < 4.78 is 5.12. The number of carbonyl (C=O) groups is 2. The fourth-order valence-corrected chi connectivity index (χ4v) is 2.54. The summed E-state index contributed by atoms with van der Waals surface area (Å²) in [7, 11) is 1.60. The number of nitrogens with one attached hydrogen (secondary N) is 2. The standard InChI is InChI=1S/C20H25N3O3/c1-4-22-19(24)15-7-10-18(13(2)11-15)23-20(25)17(21)12-14-5-8-16(26-3)9-6-14/h5-11,17H,4,12,21H2,1-3H3,(H,22,24)(H,23,25)/t17-/m0/s1. The van der Waals surface area contributed by atoms with E-state index in [-0.39, 0.29) is 11.8 Å². The van der Waals surface area contributed by atoms with Crippen LogP contribution in [0, 0.1) is 6.92 Å². The topological polar surface area (TPSA) is 93.5 Å². The lowest BCUT2D eigenvalue weighted by molar-refractivity contribution is -0.117. The van der Waals surface area contributed by atoms with E-state index in [2.05, 4.69) is 10.6 Å². The van der Waals surface area contributed by atoms with Gasteiger partial charge in [-0.25, -0.2) is 0 Å². The molecule has 2 amide bonds. The first-order valence-corrected chi connectivity index (χ1v) is 8.52. The summed E-state index contributed by atoms with van der Waals surface area (Å²) in [6.45, 7) is 4.27. The van der Waals surface area contributed by atoms with Gasteiger partial charge in [0.15, 0.2) is 0 Å². The van der Waals surface area contributed by atoms with Crippen LogP contribution in [0.2, 0.25) is 0 Å². The summed E-state index contributed by atoms with van der Waals surface area (Å²) in [5.74, 6) is 0.356. The van der Waals surface area contributed by atoms with Crippen molar-refractivity contribution in [2.75, 3.05) is 19.0 Å². The Bertz CT molecular complexity index is 772. The molecule has 2 aromatic carbocycles. The van der Waals surface area contributed by atoms with Crippen molar-refractivity contribution in [3.63, 3.8) is 0 Å². The highest BCUT2D eigenvalue weighted by atomic mass is 16.5. The minimum absolute atomic E-state index is 0.135. The molecule has 2 rings (SSSR count). The van der Waals surface area contributed by atoms with E-state index in [9.17, 15) is 9.59 Å². The van der Waals surface area contributed by atoms with Crippen molar-refractivity contribution in [1.29, 1.82) is 0 Å². The maximum absolute atomic E-state index is 12.4. The molecule has 0 aliphatic carbocycles. The number of hydrogen-bond donors (Lipinski definition) is 3. The van der Waals surface area contributed by atoms with Crippen LogP contribution in [-0.4, -0.2) is 31.5 Å². The van der Waals surface area contributed by atoms with Crippen molar-refractivity contribution in [2.24, 2.45) is 5.73 Å². The molecular weight excluding hydrogens is 330 g/mol. The zero-order valence-corrected chi connectivity index (χ0v) is 15.3. The van der Waals surface area contributed by atoms with Crippen LogP contribution in [0.15, 0.2) is 42.5 Å². The minimum atomic E-state index is -0.675. The summed E-state index contributed by atoms with van der Waals surface area (Å²) in [6, 6.07) is 11.9. The number of ether oxygens (including phenoxy) is 1. The van der Waals surface area contributed by atoms with Gasteiger partial charge in [0.25, 0.3) is 5.91 Å². The molecule has 0 fully saturated rings. The van der Waals surface area contributed by atoms with Crippen LogP contribution in [0.5, 0.6) is 5.75 Å². The number of nitrogens with two attached hydrogens (primary N) is 1. The van der Waals surface area contributed by atoms with Crippen molar-refractivity contribution in [2.45, 2.75) is 26.3 Å². The average Bonchev–Trinajstić information content (AvgIpc) is 2.64. The molecule has 0 aromatic heterocycles. The Balaban J connectivity index is 2.00. The van der Waals surface area contributed by atoms with Gasteiger partial charge >= 0.3 is 0 Å². The lowest BCUT2D eigenvalue weighted by atomic mass is 10.0. The molecule has 0 aliphatic heterocycles. The Hall–Kier alpha value is -2.86. The summed E-state index contributed by atoms with van der Waals surface area (Å²) in [4.78, 5) is 24.2. The SMILES string of the molecule is CCNC(=O)c1ccc(NC(=O)[C@@H](N)Cc2ccc(OC)cc2)c(C)c1. The van der Waals surface area contributed by atoms with E-state index in [0.717, 1.165) is 16.9 Å². The molecule has 0 aliphatic rings. The van der Waals surface area contributed by atoms with Crippen molar-refractivity contribution in [3.8, 4) is 5.75 Å². The van der Waals surface area contributed by atoms with Gasteiger partial charge in [-0.15, -0.1) is 0 Å². The quantitative estimate of drug-likeness (QED) is 0.710. The first kappa shape index (κ1) is 19.5. The fourth-order valence-electron chi connectivity index (χ4n) is 2.54. The summed E-state index contributed by atoms with van der Waals surface area (Å²) in [6.07, 6.45) is 0.422. The zero-order valence-electron chi connectivity index (χ0n) is 15.3. The van der Waals surface area contributed by atoms with Crippen LogP contribution in [-0.2, 0) is 11.2 Å². The second-order valence-corrected chi connectivity index (χ2v) is 6.04. The van der Waals surface area contributed by atoms with Gasteiger partial charge in [0.05, 0.1) is 13.2 Å². The maximum Gasteiger partial charge on any atom is 0.251 e. The Kier molecular flexibility index (Phi) is 6.74. The number of hydrogen-bond acceptors (Lipinski definition) is 4. The third-order valence-corrected chi connectivity index (χ3v) is 4.04. The van der Waals surface area contributed by atoms with Crippen LogP contribution in [0.4, 0.5) is 5.69 Å². The van der Waals surface area contributed by atoms with Crippen LogP contribution in [0.25, 0.3) is 0 Å². The molecule has 4 N–H and O–H groups in total. The van der Waals surface area contributed by atoms with Gasteiger partial charge in [-0.1, -0.05) is 12.1 Å². The molecule has 0 saturated carbocycles. The molecule has 0 heterocycles. The van der Waals surface area contributed by atoms with E-state index in [1.807, 2.05) is 38.1 Å². The number of benzene rings is 2. The van der Waals surface area contributed by atoms with Gasteiger partial charge in [0, 0.05) is 17.8 Å². The summed E-state index contributed by atoms with van der Waals surface area (Å²) in [5, 5.41) is 5.58. The average molecular weight is 355 g/mol. The molecule has 0 bridgehead atoms. The molecule has 0 spiro atoms. The third kappa shape index (κ3) is 5.07. The maximum atomic E-state index is 12.4. The van der Waals surface area contributed by atoms with Gasteiger partial charge in [-0.3, -0.25) is 9.59 Å². The molecule has 6 nitrogen and oxygen atoms in total. The van der Waals surface area contributed by atoms with Gasteiger partial charge in [0.2, 0.25) is 5.91 Å². The van der Waals surface area contributed by atoms with Crippen molar-refractivity contribution in [1.82, 2.24) is 5.32 Å². The predicted octanol–water partition coefficient (Wildman–Crippen LogP) is 2.26. The Morgan fingerprint density at radius 2 is 1.85 bits per heavy atom. The van der Waals surface area contributed by atoms with E-state index >= 15 is 0 Å². The van der Waals surface area contributed by atoms with Crippen LogP contribution < -0.4 is 21.1 Å². The molecule has 138 valence electrons. The summed E-state index contributed by atoms with van der Waals surface area (Å²) >= 11 is 0. The molecular formula is C20H25N3O3. The van der Waals surface area contributed by atoms with Crippen molar-refractivity contribution in [3.05, 3.63) is 59.2 Å². The Labute approximate surface area is 153 Å². The number of rotatable bonds is 7. The molecule has 26 heavy (non-hydrogen) atoms. The largest absolute Gasteiger partial charge is 0.497 e. The molecule has 2 aromatic rings. The molecule has 0 unspecified atom stereocenters. The number of carbonyl (C=O) groups excluding carboxylic acids is 2. The normalized spacial score (nSPS) is 11.5. The van der Waals surface area contributed by atoms with Crippen LogP contribution in [0.1, 0.15) is 28.4 Å². The highest BCUT2D eigenvalue weighted by Crippen LogP contribution is 2.18. The Morgan fingerprint density at radius 1 is 1.15 bits per heavy atom. The molecule has 0 radical (unpaired) electrons. The van der Waals surface area contributed by atoms with E-state index in [0.29, 0.717) is 24.2 Å². The lowest BCUT2D eigenvalue weighted by Gasteiger charge is -2.15. The number of anilines is 1. The molecule has 0 saturated heterocycles. The fraction of sp³-hybridized carbons (Fsp3) is 0.300. The van der Waals surface area contributed by atoms with E-state index < -0.39 is 6.04 Å². The predicted molar refractivity (Wildman–Crippen MR) is 102 cm³/mol. The number of aryl methyl sites for hydroxylation is 1. The van der Waals surface area contributed by atoms with Crippen molar-refractivity contribution < 1.29 is 14.3 Å². The minimum Gasteiger partial charge on any atom is -0.497 e. The van der Waals surface area contributed by atoms with Crippen molar-refractivity contribution >= 4 is 17.5 Å². The highest BCUT2D eigenvalue weighted by molar-refractivity contribution is 5.98. The summed E-state index contributed by atoms with van der Waals surface area (Å²) in [5.41, 5.74) is 8.99. The van der Waals surface area contributed by atoms with Gasteiger partial charge in [-0.2, -0.15) is 0 Å². The van der Waals surface area contributed by atoms with E-state index in [1.165, 1.54) is 0 Å². The number of amides is 2. The monoisotopic (exact) mass is 355 g/mol.